The number of ether oxygens (including phenoxy) is 2. The smallest absolute Gasteiger partial charge is 0.290 e. The summed E-state index contributed by atoms with van der Waals surface area (Å²) >= 11 is 7.27. The number of halogens is 1. The fraction of sp³-hybridized carbons (Fsp3) is 0.200. The summed E-state index contributed by atoms with van der Waals surface area (Å²) in [4.78, 5) is 23.4. The molecule has 1 aliphatic heterocycles. The Morgan fingerprint density at radius 3 is 2.63 bits per heavy atom. The van der Waals surface area contributed by atoms with Gasteiger partial charge in [0.25, 0.3) is 11.1 Å². The molecule has 1 heterocycles. The summed E-state index contributed by atoms with van der Waals surface area (Å²) in [5.41, 5.74) is 2.83. The SMILES string of the molecule is CCOc1cc(/C=C2\SC(=O)NC2=O)cc(Cl)c1OCc1ccccc1C. The number of hydrogen-bond donors (Lipinski definition) is 1. The second-order valence-corrected chi connectivity index (χ2v) is 7.25. The number of imide groups is 1. The van der Waals surface area contributed by atoms with Crippen LogP contribution in [-0.2, 0) is 11.4 Å². The molecule has 0 spiro atoms. The number of rotatable bonds is 6. The molecule has 3 rings (SSSR count). The Labute approximate surface area is 166 Å². The van der Waals surface area contributed by atoms with Crippen LogP contribution in [0.4, 0.5) is 4.79 Å². The van der Waals surface area contributed by atoms with Crippen molar-refractivity contribution in [1.29, 1.82) is 0 Å². The van der Waals surface area contributed by atoms with Crippen molar-refractivity contribution in [2.45, 2.75) is 20.5 Å². The van der Waals surface area contributed by atoms with E-state index >= 15 is 0 Å². The third-order valence-corrected chi connectivity index (χ3v) is 5.00. The van der Waals surface area contributed by atoms with Gasteiger partial charge in [-0.05, 0) is 60.5 Å². The zero-order valence-electron chi connectivity index (χ0n) is 14.9. The Bertz CT molecular complexity index is 926. The third kappa shape index (κ3) is 4.64. The molecule has 140 valence electrons. The molecule has 0 aliphatic carbocycles. The Hall–Kier alpha value is -2.44. The minimum absolute atomic E-state index is 0.312. The average molecular weight is 404 g/mol. The molecule has 7 heteroatoms. The first-order valence-electron chi connectivity index (χ1n) is 8.36. The number of hydrogen-bond acceptors (Lipinski definition) is 5. The molecule has 1 N–H and O–H groups in total. The van der Waals surface area contributed by atoms with Crippen molar-refractivity contribution in [3.63, 3.8) is 0 Å². The van der Waals surface area contributed by atoms with Crippen LogP contribution >= 0.6 is 23.4 Å². The molecule has 0 atom stereocenters. The quantitative estimate of drug-likeness (QED) is 0.691. The van der Waals surface area contributed by atoms with Gasteiger partial charge in [-0.25, -0.2) is 0 Å². The average Bonchev–Trinajstić information content (AvgIpc) is 2.93. The van der Waals surface area contributed by atoms with Crippen molar-refractivity contribution in [2.75, 3.05) is 6.61 Å². The molecule has 2 amide bonds. The Balaban J connectivity index is 1.88. The summed E-state index contributed by atoms with van der Waals surface area (Å²) in [7, 11) is 0. The van der Waals surface area contributed by atoms with Crippen LogP contribution in [0.15, 0.2) is 41.3 Å². The summed E-state index contributed by atoms with van der Waals surface area (Å²) in [6.07, 6.45) is 1.60. The minimum atomic E-state index is -0.418. The first-order valence-corrected chi connectivity index (χ1v) is 9.56. The minimum Gasteiger partial charge on any atom is -0.490 e. The lowest BCUT2D eigenvalue weighted by Gasteiger charge is -2.15. The maximum atomic E-state index is 11.7. The van der Waals surface area contributed by atoms with Crippen molar-refractivity contribution in [3.8, 4) is 11.5 Å². The van der Waals surface area contributed by atoms with Gasteiger partial charge in [0.1, 0.15) is 6.61 Å². The fourth-order valence-electron chi connectivity index (χ4n) is 2.57. The van der Waals surface area contributed by atoms with Crippen LogP contribution in [0.2, 0.25) is 5.02 Å². The standard InChI is InChI=1S/C20H18ClNO4S/c1-3-25-16-9-13(10-17-19(23)22-20(24)27-17)8-15(21)18(16)26-11-14-7-5-4-6-12(14)2/h4-10H,3,11H2,1-2H3,(H,22,23,24)/b17-10-. The van der Waals surface area contributed by atoms with Gasteiger partial charge in [-0.15, -0.1) is 0 Å². The lowest BCUT2D eigenvalue weighted by Crippen LogP contribution is -2.17. The summed E-state index contributed by atoms with van der Waals surface area (Å²) in [5.74, 6) is 0.516. The summed E-state index contributed by atoms with van der Waals surface area (Å²) in [6, 6.07) is 11.4. The normalized spacial score (nSPS) is 15.1. The molecule has 27 heavy (non-hydrogen) atoms. The molecule has 1 saturated heterocycles. The van der Waals surface area contributed by atoms with Crippen molar-refractivity contribution in [1.82, 2.24) is 5.32 Å². The van der Waals surface area contributed by atoms with E-state index in [0.29, 0.717) is 40.2 Å². The van der Waals surface area contributed by atoms with Crippen LogP contribution in [0.3, 0.4) is 0 Å². The molecule has 0 radical (unpaired) electrons. The van der Waals surface area contributed by atoms with Crippen molar-refractivity contribution in [3.05, 3.63) is 63.0 Å². The lowest BCUT2D eigenvalue weighted by atomic mass is 10.1. The van der Waals surface area contributed by atoms with Gasteiger partial charge in [0.05, 0.1) is 16.5 Å². The molecule has 5 nitrogen and oxygen atoms in total. The van der Waals surface area contributed by atoms with Crippen LogP contribution in [-0.4, -0.2) is 17.8 Å². The van der Waals surface area contributed by atoms with Crippen LogP contribution in [0.25, 0.3) is 6.08 Å². The van der Waals surface area contributed by atoms with E-state index < -0.39 is 5.91 Å². The van der Waals surface area contributed by atoms with Gasteiger partial charge >= 0.3 is 0 Å². The molecular formula is C20H18ClNO4S. The molecule has 2 aromatic carbocycles. The highest BCUT2D eigenvalue weighted by Gasteiger charge is 2.25. The van der Waals surface area contributed by atoms with Gasteiger partial charge < -0.3 is 9.47 Å². The van der Waals surface area contributed by atoms with Crippen LogP contribution in [0.5, 0.6) is 11.5 Å². The van der Waals surface area contributed by atoms with Crippen molar-refractivity contribution in [2.24, 2.45) is 0 Å². The summed E-state index contributed by atoms with van der Waals surface area (Å²) in [6.45, 7) is 4.68. The highest BCUT2D eigenvalue weighted by Crippen LogP contribution is 2.38. The molecule has 0 bridgehead atoms. The van der Waals surface area contributed by atoms with Crippen molar-refractivity contribution < 1.29 is 19.1 Å². The molecule has 1 aliphatic rings. The van der Waals surface area contributed by atoms with Crippen LogP contribution < -0.4 is 14.8 Å². The largest absolute Gasteiger partial charge is 0.490 e. The Morgan fingerprint density at radius 2 is 1.96 bits per heavy atom. The van der Waals surface area contributed by atoms with E-state index in [2.05, 4.69) is 5.32 Å². The molecule has 0 saturated carbocycles. The highest BCUT2D eigenvalue weighted by molar-refractivity contribution is 8.18. The first-order chi connectivity index (χ1) is 13.0. The van der Waals surface area contributed by atoms with E-state index in [1.807, 2.05) is 38.1 Å². The number of nitrogens with one attached hydrogen (secondary N) is 1. The van der Waals surface area contributed by atoms with Crippen molar-refractivity contribution >= 4 is 40.6 Å². The number of benzene rings is 2. The fourth-order valence-corrected chi connectivity index (χ4v) is 3.52. The zero-order chi connectivity index (χ0) is 19.4. The predicted octanol–water partition coefficient (Wildman–Crippen LogP) is 4.95. The Kier molecular flexibility index (Phi) is 6.08. The third-order valence-electron chi connectivity index (χ3n) is 3.90. The maximum Gasteiger partial charge on any atom is 0.290 e. The molecular weight excluding hydrogens is 386 g/mol. The summed E-state index contributed by atoms with van der Waals surface area (Å²) < 4.78 is 11.6. The van der Waals surface area contributed by atoms with Gasteiger partial charge in [0.2, 0.25) is 0 Å². The second kappa shape index (κ2) is 8.50. The number of amides is 2. The zero-order valence-corrected chi connectivity index (χ0v) is 16.4. The van der Waals surface area contributed by atoms with Crippen LogP contribution in [0, 0.1) is 6.92 Å². The van der Waals surface area contributed by atoms with E-state index in [1.165, 1.54) is 0 Å². The number of aryl methyl sites for hydroxylation is 1. The second-order valence-electron chi connectivity index (χ2n) is 5.83. The first kappa shape index (κ1) is 19.3. The van der Waals surface area contributed by atoms with E-state index in [-0.39, 0.29) is 5.24 Å². The molecule has 1 fully saturated rings. The highest BCUT2D eigenvalue weighted by atomic mass is 35.5. The van der Waals surface area contributed by atoms with Gasteiger partial charge in [-0.3, -0.25) is 14.9 Å². The topological polar surface area (TPSA) is 64.6 Å². The summed E-state index contributed by atoms with van der Waals surface area (Å²) in [5, 5.41) is 2.21. The molecule has 0 unspecified atom stereocenters. The van der Waals surface area contributed by atoms with Gasteiger partial charge in [-0.1, -0.05) is 35.9 Å². The lowest BCUT2D eigenvalue weighted by molar-refractivity contribution is -0.115. The van der Waals surface area contributed by atoms with Gasteiger partial charge in [0.15, 0.2) is 11.5 Å². The number of carbonyl (C=O) groups is 2. The van der Waals surface area contributed by atoms with E-state index in [9.17, 15) is 9.59 Å². The van der Waals surface area contributed by atoms with E-state index in [4.69, 9.17) is 21.1 Å². The van der Waals surface area contributed by atoms with Gasteiger partial charge in [-0.2, -0.15) is 0 Å². The van der Waals surface area contributed by atoms with Gasteiger partial charge in [0, 0.05) is 0 Å². The van der Waals surface area contributed by atoms with Crippen LogP contribution in [0.1, 0.15) is 23.6 Å². The molecule has 2 aromatic rings. The predicted molar refractivity (Wildman–Crippen MR) is 107 cm³/mol. The number of thioether (sulfide) groups is 1. The van der Waals surface area contributed by atoms with E-state index in [0.717, 1.165) is 22.9 Å². The van der Waals surface area contributed by atoms with E-state index in [1.54, 1.807) is 18.2 Å². The monoisotopic (exact) mass is 403 g/mol. The maximum absolute atomic E-state index is 11.7. The molecule has 0 aromatic heterocycles. The Morgan fingerprint density at radius 1 is 1.19 bits per heavy atom. The number of carbonyl (C=O) groups excluding carboxylic acids is 2.